The number of hydrogen-bond acceptors (Lipinski definition) is 23. The molecule has 4 saturated carbocycles. The number of halogens is 9. The molecule has 4 saturated heterocycles. The minimum Gasteiger partial charge on any atom is -0.481 e. The van der Waals surface area contributed by atoms with Gasteiger partial charge >= 0.3 is 23.9 Å². The predicted molar refractivity (Wildman–Crippen MR) is 556 cm³/mol. The molecule has 38 heteroatoms. The van der Waals surface area contributed by atoms with Crippen molar-refractivity contribution < 1.29 is 72.4 Å². The molecule has 3 aromatic heterocycles. The van der Waals surface area contributed by atoms with Crippen molar-refractivity contribution in [3.63, 3.8) is 0 Å². The molecule has 4 spiro atoms. The second kappa shape index (κ2) is 52.0. The quantitative estimate of drug-likeness (QED) is 0.0100. The molecule has 4 atom stereocenters. The lowest BCUT2D eigenvalue weighted by Gasteiger charge is -2.59. The van der Waals surface area contributed by atoms with Crippen LogP contribution in [0.5, 0.6) is 0 Å². The molecule has 9 heterocycles. The molecule has 11 N–H and O–H groups in total. The maximum absolute atomic E-state index is 12.9. The van der Waals surface area contributed by atoms with Crippen molar-refractivity contribution in [2.24, 2.45) is 45.3 Å². The molecule has 4 amide bonds. The lowest BCUT2D eigenvalue weighted by Crippen LogP contribution is -2.64. The Balaban J connectivity index is 0.000000162. The number of carboxylic acid groups (broad SMARTS) is 2. The van der Waals surface area contributed by atoms with E-state index in [1.54, 1.807) is 105 Å². The summed E-state index contributed by atoms with van der Waals surface area (Å²) in [4.78, 5) is 149. The third-order valence-corrected chi connectivity index (χ3v) is 30.5. The zero-order chi connectivity index (χ0) is 102. The van der Waals surface area contributed by atoms with Gasteiger partial charge in [-0.3, -0.25) is 43.2 Å². The first kappa shape index (κ1) is 112. The van der Waals surface area contributed by atoms with Crippen molar-refractivity contribution >= 4 is 192 Å². The van der Waals surface area contributed by atoms with E-state index < -0.39 is 48.0 Å². The Morgan fingerprint density at radius 2 is 0.852 bits per heavy atom. The van der Waals surface area contributed by atoms with Gasteiger partial charge in [0, 0.05) is 172 Å². The largest absolute Gasteiger partial charge is 0.481 e. The number of aliphatic carboxylic acids is 2. The molecule has 0 unspecified atom stereocenters. The Labute approximate surface area is 877 Å². The summed E-state index contributed by atoms with van der Waals surface area (Å²) in [6, 6.07) is 27.5. The fourth-order valence-corrected chi connectivity index (χ4v) is 23.4. The highest BCUT2D eigenvalue weighted by Crippen LogP contribution is 2.55. The van der Waals surface area contributed by atoms with Gasteiger partial charge in [-0.1, -0.05) is 121 Å². The van der Waals surface area contributed by atoms with Crippen molar-refractivity contribution in [3.05, 3.63) is 205 Å². The van der Waals surface area contributed by atoms with Crippen LogP contribution >= 0.6 is 109 Å². The normalized spacial score (nSPS) is 19.0. The Bertz CT molecular complexity index is 5580. The summed E-state index contributed by atoms with van der Waals surface area (Å²) in [7, 11) is 2.64. The van der Waals surface area contributed by atoms with Crippen LogP contribution in [0.4, 0.5) is 17.5 Å². The SMILES string of the molecule is CC(=O)CCCBr.COC(=O)C[C@H](NC(=O)C1CC2(C1)CN(CCCC(C)=O)C2)c1cc(Cl)cc(Cl)c1.COC(=O)C[C@H](NC(=O)C1CC2(CNC2)C1)c1cc(Cl)cc(Cl)c1.Cc1nc2c(cc1CCN1CC3(CC(C(=O)N[C@@H](CC(=O)O)c4cc(Cl)cc(Cl)c4)C3)C1)CCCN2.Nc1ncccc1C=O.O=C(O)C[C@H](NC(=O)C1CC2(C1)CN(CCCc1ccc3c(n1)NCCC3)C2)c1cc(Cl)cc(Cl)c1. The number of amides is 4. The van der Waals surface area contributed by atoms with Gasteiger partial charge in [-0.25, -0.2) is 15.0 Å². The molecule has 142 heavy (non-hydrogen) atoms. The number of Topliss-reactive ketones (excluding diaryl/α,β-unsaturated/α-hetero) is 2. The van der Waals surface area contributed by atoms with Crippen LogP contribution in [0, 0.1) is 52.3 Å². The standard InChI is InChI=1S/2C27H32Cl2N4O3.C22H28Cl2N2O4.C17H20Cl2N2O3.C6H6N2O.C5H9BrO/c1-16-17(7-18-3-2-5-30-25(18)31-16)4-6-33-14-27(15-33)12-20(13-27)26(36)32-23(11-24(34)35)19-8-21(28)10-22(29)9-19;28-20-9-18(10-21(29)11-20)23(12-24(34)35)32-26(36)19-13-27(14-19)15-33(16-27)8-2-4-22-6-5-17-3-1-7-30-25(17)31-22;1-14(27)4-3-5-26-12-22(13-26)10-16(11-22)21(29)25-19(9-20(28)30-2)15-6-17(23)8-18(24)7-15;1-24-15(22)5-14(10-2-12(18)4-13(19)3-10)21-16(23)11-6-17(7-11)8-20-9-17;7-6-5(4-9)2-1-3-8-6;1-5(7)3-2-4-6/h7-10,20,23H,2-6,11-15H2,1H3,(H,30,31)(H,32,36)(H,34,35);5-6,9-11,19,23H,1-4,7-8,12-16H2,(H,30,31)(H,32,36)(H,34,35);6-8,16,19H,3-5,9-13H2,1-2H3,(H,25,29);2-4,11,14,20H,5-9H2,1H3,(H,21,23);1-4H,(H2,7,8);2-4H2,1H3/t2*23-;19-;14-;;/m0000../s1. The van der Waals surface area contributed by atoms with E-state index in [1.807, 2.05) is 0 Å². The highest BCUT2D eigenvalue weighted by molar-refractivity contribution is 9.09. The number of carbonyl (C=O) groups excluding carboxylic acids is 9. The second-order valence-corrected chi connectivity index (χ2v) is 44.1. The maximum atomic E-state index is 12.9. The van der Waals surface area contributed by atoms with Crippen LogP contribution in [-0.2, 0) is 83.1 Å². The lowest BCUT2D eigenvalue weighted by atomic mass is 9.57. The molecule has 4 aliphatic carbocycles. The van der Waals surface area contributed by atoms with Crippen LogP contribution in [0.3, 0.4) is 0 Å². The van der Waals surface area contributed by atoms with Gasteiger partial charge in [0.25, 0.3) is 0 Å². The number of aryl methyl sites for hydroxylation is 4. The number of anilines is 3. The average Bonchev–Trinajstić information content (AvgIpc) is 0.763. The van der Waals surface area contributed by atoms with Gasteiger partial charge in [0.05, 0.1) is 69.6 Å². The smallest absolute Gasteiger partial charge is 0.307 e. The van der Waals surface area contributed by atoms with Crippen molar-refractivity contribution in [1.29, 1.82) is 0 Å². The zero-order valence-electron chi connectivity index (χ0n) is 80.6. The number of nitrogens with zero attached hydrogens (tertiary/aromatic N) is 6. The van der Waals surface area contributed by atoms with Crippen LogP contribution in [0.15, 0.2) is 109 Å². The first-order chi connectivity index (χ1) is 67.7. The number of ketones is 2. The fourth-order valence-electron chi connectivity index (χ4n) is 21.0. The monoisotopic (exact) mass is 2170 g/mol. The summed E-state index contributed by atoms with van der Waals surface area (Å²) >= 11 is 51.9. The van der Waals surface area contributed by atoms with E-state index in [9.17, 15) is 63.0 Å². The van der Waals surface area contributed by atoms with Gasteiger partial charge in [-0.2, -0.15) is 0 Å². The van der Waals surface area contributed by atoms with Gasteiger partial charge < -0.3 is 86.9 Å². The number of benzene rings is 4. The first-order valence-corrected chi connectivity index (χ1v) is 52.5. The van der Waals surface area contributed by atoms with Crippen molar-refractivity contribution in [2.75, 3.05) is 121 Å². The topological polar surface area (TPSA) is 405 Å². The summed E-state index contributed by atoms with van der Waals surface area (Å²) < 4.78 is 9.52. The highest BCUT2D eigenvalue weighted by Gasteiger charge is 2.57. The predicted octanol–water partition coefficient (Wildman–Crippen LogP) is 18.1. The molecule has 4 aromatic carbocycles. The third-order valence-electron chi connectivity index (χ3n) is 28.2. The molecule has 0 bridgehead atoms. The highest BCUT2D eigenvalue weighted by atomic mass is 79.9. The maximum Gasteiger partial charge on any atom is 0.307 e. The number of fused-ring (bicyclic) bond motifs is 2. The summed E-state index contributed by atoms with van der Waals surface area (Å²) in [6.45, 7) is 18.4. The van der Waals surface area contributed by atoms with E-state index in [0.29, 0.717) is 92.5 Å². The number of methoxy groups -OCH3 is 2. The number of ether oxygens (including phenoxy) is 2. The van der Waals surface area contributed by atoms with Crippen molar-refractivity contribution in [2.45, 2.75) is 193 Å². The van der Waals surface area contributed by atoms with Crippen molar-refractivity contribution in [3.8, 4) is 0 Å². The number of esters is 2. The summed E-state index contributed by atoms with van der Waals surface area (Å²) in [5.41, 5.74) is 15.6. The zero-order valence-corrected chi connectivity index (χ0v) is 88.2. The minimum absolute atomic E-state index is 0.00176. The Kier molecular flexibility index (Phi) is 40.9. The van der Waals surface area contributed by atoms with Crippen molar-refractivity contribution in [1.82, 2.24) is 56.2 Å². The summed E-state index contributed by atoms with van der Waals surface area (Å²) in [5.74, 6) is -0.375. The van der Waals surface area contributed by atoms with Gasteiger partial charge in [0.1, 0.15) is 29.0 Å². The van der Waals surface area contributed by atoms with Crippen LogP contribution < -0.4 is 43.0 Å². The molecule has 6 aliphatic heterocycles. The van der Waals surface area contributed by atoms with Gasteiger partial charge in [-0.05, 0) is 295 Å². The number of rotatable bonds is 35. The van der Waals surface area contributed by atoms with Crippen LogP contribution in [0.1, 0.15) is 221 Å². The van der Waals surface area contributed by atoms with Gasteiger partial charge in [-0.15, -0.1) is 0 Å². The number of aldehydes is 1. The van der Waals surface area contributed by atoms with Crippen LogP contribution in [-0.4, -0.2) is 210 Å². The summed E-state index contributed by atoms with van der Waals surface area (Å²) in [6.07, 6.45) is 19.5. The molecule has 7 aromatic rings. The van der Waals surface area contributed by atoms with Gasteiger partial charge in [0.2, 0.25) is 23.6 Å². The minimum atomic E-state index is -0.989. The Morgan fingerprint density at radius 3 is 1.20 bits per heavy atom. The second-order valence-electron chi connectivity index (χ2n) is 39.8. The molecule has 17 rings (SSSR count). The Hall–Kier alpha value is -8.86. The van der Waals surface area contributed by atoms with Gasteiger partial charge in [0.15, 0.2) is 6.29 Å². The number of likely N-dealkylation sites (tertiary alicyclic amines) is 3. The number of nitrogen functional groups attached to an aromatic ring is 1. The molecular formula is C104H127BrCl8N14O15. The number of pyridine rings is 3. The molecule has 0 radical (unpaired) electrons. The average molecular weight is 2180 g/mol. The Morgan fingerprint density at radius 1 is 0.486 bits per heavy atom. The number of alkyl halides is 1. The van der Waals surface area contributed by atoms with E-state index in [4.69, 9.17) is 118 Å². The molecule has 10 aliphatic rings. The number of aromatic nitrogens is 3. The number of nitrogens with one attached hydrogen (secondary N) is 7. The number of hydrogen-bond donors (Lipinski definition) is 10. The molecule has 766 valence electrons. The number of carbonyl (C=O) groups is 11. The van der Waals surface area contributed by atoms with Crippen LogP contribution in [0.25, 0.3) is 0 Å². The lowest BCUT2D eigenvalue weighted by molar-refractivity contribution is -0.147. The van der Waals surface area contributed by atoms with E-state index in [2.05, 4.69) is 98.0 Å². The molecule has 29 nitrogen and oxygen atoms in total. The first-order valence-electron chi connectivity index (χ1n) is 48.4. The van der Waals surface area contributed by atoms with Crippen LogP contribution in [0.2, 0.25) is 40.2 Å². The molecular weight excluding hydrogens is 2050 g/mol. The number of nitrogens with two attached hydrogens (primary N) is 1. The summed E-state index contributed by atoms with van der Waals surface area (Å²) in [5, 5.41) is 45.0. The fraction of sp³-hybridized carbons (Fsp3) is 0.519. The molecule has 8 fully saturated rings. The van der Waals surface area contributed by atoms with E-state index in [-0.39, 0.29) is 107 Å². The van der Waals surface area contributed by atoms with E-state index in [1.165, 1.54) is 37.3 Å². The number of carboxylic acids is 2. The van der Waals surface area contributed by atoms with E-state index in [0.717, 1.165) is 216 Å². The van der Waals surface area contributed by atoms with E-state index >= 15 is 0 Å². The third kappa shape index (κ3) is 32.3.